The molecule has 0 radical (unpaired) electrons. The summed E-state index contributed by atoms with van der Waals surface area (Å²) >= 11 is 0. The molecule has 2 rings (SSSR count). The molecular weight excluding hydrogens is 296 g/mol. The second-order valence-corrected chi connectivity index (χ2v) is 5.95. The minimum absolute atomic E-state index is 0.101. The highest BCUT2D eigenvalue weighted by molar-refractivity contribution is 6.07. The number of carbonyl (C=O) groups is 3. The first-order valence-corrected chi connectivity index (χ1v) is 7.69. The van der Waals surface area contributed by atoms with E-state index in [0.717, 1.165) is 18.4 Å². The number of aliphatic carboxylic acids is 2. The molecule has 23 heavy (non-hydrogen) atoms. The molecule has 0 unspecified atom stereocenters. The first-order valence-electron chi connectivity index (χ1n) is 7.69. The van der Waals surface area contributed by atoms with Crippen molar-refractivity contribution in [2.45, 2.75) is 39.0 Å². The quantitative estimate of drug-likeness (QED) is 0.621. The van der Waals surface area contributed by atoms with Crippen molar-refractivity contribution >= 4 is 17.7 Å². The smallest absolute Gasteiger partial charge is 0.332 e. The fourth-order valence-corrected chi connectivity index (χ4v) is 3.13. The van der Waals surface area contributed by atoms with Gasteiger partial charge in [-0.3, -0.25) is 4.79 Å². The van der Waals surface area contributed by atoms with Crippen molar-refractivity contribution in [1.29, 1.82) is 0 Å². The van der Waals surface area contributed by atoms with Gasteiger partial charge in [-0.1, -0.05) is 36.6 Å². The van der Waals surface area contributed by atoms with E-state index in [-0.39, 0.29) is 22.8 Å². The van der Waals surface area contributed by atoms with Gasteiger partial charge >= 0.3 is 11.9 Å². The number of hydrogen-bond acceptors (Lipinski definition) is 3. The van der Waals surface area contributed by atoms with E-state index >= 15 is 0 Å². The summed E-state index contributed by atoms with van der Waals surface area (Å²) in [6.07, 6.45) is 2.71. The molecule has 1 aromatic carbocycles. The highest BCUT2D eigenvalue weighted by Gasteiger charge is 2.31. The second-order valence-electron chi connectivity index (χ2n) is 5.95. The minimum Gasteiger partial charge on any atom is -0.478 e. The number of carboxylic acid groups (broad SMARTS) is 2. The Bertz CT molecular complexity index is 666. The van der Waals surface area contributed by atoms with Crippen LogP contribution in [0.3, 0.4) is 0 Å². The summed E-state index contributed by atoms with van der Waals surface area (Å²) in [5.74, 6) is -3.20. The highest BCUT2D eigenvalue weighted by atomic mass is 16.4. The molecule has 2 N–H and O–H groups in total. The number of rotatable bonds is 6. The van der Waals surface area contributed by atoms with Gasteiger partial charge in [-0.2, -0.15) is 0 Å². The SMILES string of the molecule is Cc1cccc(C(=O)C/C(C(=O)O)=C(\C(=O)O)C2CCCC2)c1. The Morgan fingerprint density at radius 1 is 1.09 bits per heavy atom. The second kappa shape index (κ2) is 7.22. The number of hydrogen-bond donors (Lipinski definition) is 2. The third kappa shape index (κ3) is 4.06. The van der Waals surface area contributed by atoms with E-state index in [2.05, 4.69) is 0 Å². The van der Waals surface area contributed by atoms with Crippen LogP contribution >= 0.6 is 0 Å². The third-order valence-corrected chi connectivity index (χ3v) is 4.25. The maximum atomic E-state index is 12.4. The summed E-state index contributed by atoms with van der Waals surface area (Å²) in [6, 6.07) is 6.86. The molecule has 0 amide bonds. The number of Topliss-reactive ketones (excluding diaryl/α,β-unsaturated/α-hetero) is 1. The van der Waals surface area contributed by atoms with E-state index < -0.39 is 18.4 Å². The van der Waals surface area contributed by atoms with Crippen molar-refractivity contribution in [3.63, 3.8) is 0 Å². The van der Waals surface area contributed by atoms with E-state index in [1.807, 2.05) is 13.0 Å². The average Bonchev–Trinajstić information content (AvgIpc) is 2.99. The largest absolute Gasteiger partial charge is 0.478 e. The highest BCUT2D eigenvalue weighted by Crippen LogP contribution is 2.34. The van der Waals surface area contributed by atoms with Crippen molar-refractivity contribution < 1.29 is 24.6 Å². The predicted octanol–water partition coefficient (Wildman–Crippen LogP) is 3.22. The van der Waals surface area contributed by atoms with Gasteiger partial charge in [0, 0.05) is 12.0 Å². The number of carbonyl (C=O) groups excluding carboxylic acids is 1. The minimum atomic E-state index is -1.32. The zero-order valence-electron chi connectivity index (χ0n) is 13.0. The summed E-state index contributed by atoms with van der Waals surface area (Å²) < 4.78 is 0. The molecule has 1 fully saturated rings. The molecule has 0 heterocycles. The Kier molecular flexibility index (Phi) is 5.32. The van der Waals surface area contributed by atoms with Gasteiger partial charge in [0.2, 0.25) is 0 Å². The average molecular weight is 316 g/mol. The van der Waals surface area contributed by atoms with Crippen LogP contribution in [0.5, 0.6) is 0 Å². The van der Waals surface area contributed by atoms with E-state index in [9.17, 15) is 24.6 Å². The van der Waals surface area contributed by atoms with Crippen LogP contribution in [0, 0.1) is 12.8 Å². The fraction of sp³-hybridized carbons (Fsp3) is 0.389. The zero-order valence-corrected chi connectivity index (χ0v) is 13.0. The predicted molar refractivity (Wildman–Crippen MR) is 84.4 cm³/mol. The van der Waals surface area contributed by atoms with Gasteiger partial charge in [-0.15, -0.1) is 0 Å². The van der Waals surface area contributed by atoms with Crippen LogP contribution in [0.25, 0.3) is 0 Å². The van der Waals surface area contributed by atoms with Crippen LogP contribution in [0.2, 0.25) is 0 Å². The molecule has 0 spiro atoms. The Balaban J connectivity index is 2.36. The van der Waals surface area contributed by atoms with Crippen molar-refractivity contribution in [2.75, 3.05) is 0 Å². The van der Waals surface area contributed by atoms with Crippen LogP contribution in [-0.2, 0) is 9.59 Å². The maximum Gasteiger partial charge on any atom is 0.332 e. The first-order chi connectivity index (χ1) is 10.9. The van der Waals surface area contributed by atoms with Gasteiger partial charge in [0.1, 0.15) is 0 Å². The van der Waals surface area contributed by atoms with Gasteiger partial charge in [0.05, 0.1) is 11.1 Å². The van der Waals surface area contributed by atoms with Crippen LogP contribution in [0.15, 0.2) is 35.4 Å². The Morgan fingerprint density at radius 3 is 2.26 bits per heavy atom. The molecule has 1 aliphatic rings. The number of ketones is 1. The van der Waals surface area contributed by atoms with Crippen LogP contribution in [0.1, 0.15) is 48.0 Å². The van der Waals surface area contributed by atoms with Gasteiger partial charge in [0.15, 0.2) is 5.78 Å². The topological polar surface area (TPSA) is 91.7 Å². The molecule has 0 saturated heterocycles. The fourth-order valence-electron chi connectivity index (χ4n) is 3.13. The lowest BCUT2D eigenvalue weighted by molar-refractivity contribution is -0.136. The normalized spacial score (nSPS) is 16.0. The summed E-state index contributed by atoms with van der Waals surface area (Å²) in [5.41, 5.74) is 0.915. The van der Waals surface area contributed by atoms with E-state index in [1.54, 1.807) is 18.2 Å². The van der Waals surface area contributed by atoms with Crippen LogP contribution in [0.4, 0.5) is 0 Å². The maximum absolute atomic E-state index is 12.4. The van der Waals surface area contributed by atoms with Gasteiger partial charge in [-0.25, -0.2) is 9.59 Å². The molecule has 5 heteroatoms. The summed E-state index contributed by atoms with van der Waals surface area (Å²) in [7, 11) is 0. The summed E-state index contributed by atoms with van der Waals surface area (Å²) in [6.45, 7) is 1.84. The standard InChI is InChI=1S/C18H20O5/c1-11-5-4-8-13(9-11)15(19)10-14(17(20)21)16(18(22)23)12-6-2-3-7-12/h4-5,8-9,12H,2-3,6-7,10H2,1H3,(H,20,21)(H,22,23)/b16-14+. The summed E-state index contributed by atoms with van der Waals surface area (Å²) in [4.78, 5) is 35.5. The van der Waals surface area contributed by atoms with Crippen LogP contribution in [-0.4, -0.2) is 27.9 Å². The van der Waals surface area contributed by atoms with E-state index in [0.29, 0.717) is 18.4 Å². The Morgan fingerprint density at radius 2 is 1.74 bits per heavy atom. The molecule has 0 bridgehead atoms. The number of carboxylic acids is 2. The lowest BCUT2D eigenvalue weighted by Gasteiger charge is -2.14. The number of benzene rings is 1. The molecule has 1 aromatic rings. The molecule has 1 aliphatic carbocycles. The molecule has 122 valence electrons. The zero-order chi connectivity index (χ0) is 17.0. The van der Waals surface area contributed by atoms with Crippen molar-refractivity contribution in [2.24, 2.45) is 5.92 Å². The van der Waals surface area contributed by atoms with Gasteiger partial charge in [0.25, 0.3) is 0 Å². The molecule has 0 aliphatic heterocycles. The Hall–Kier alpha value is -2.43. The number of aryl methyl sites for hydroxylation is 1. The monoisotopic (exact) mass is 316 g/mol. The molecular formula is C18H20O5. The van der Waals surface area contributed by atoms with Gasteiger partial charge < -0.3 is 10.2 Å². The Labute approximate surface area is 134 Å². The van der Waals surface area contributed by atoms with Gasteiger partial charge in [-0.05, 0) is 31.7 Å². The van der Waals surface area contributed by atoms with Crippen molar-refractivity contribution in [1.82, 2.24) is 0 Å². The van der Waals surface area contributed by atoms with Crippen molar-refractivity contribution in [3.05, 3.63) is 46.5 Å². The van der Waals surface area contributed by atoms with Crippen LogP contribution < -0.4 is 0 Å². The summed E-state index contributed by atoms with van der Waals surface area (Å²) in [5, 5.41) is 18.9. The molecule has 1 saturated carbocycles. The lowest BCUT2D eigenvalue weighted by atomic mass is 9.89. The van der Waals surface area contributed by atoms with E-state index in [1.165, 1.54) is 0 Å². The molecule has 5 nitrogen and oxygen atoms in total. The third-order valence-electron chi connectivity index (χ3n) is 4.25. The molecule has 0 aromatic heterocycles. The molecule has 0 atom stereocenters. The lowest BCUT2D eigenvalue weighted by Crippen LogP contribution is -2.19. The first kappa shape index (κ1) is 16.9. The van der Waals surface area contributed by atoms with E-state index in [4.69, 9.17) is 0 Å². The van der Waals surface area contributed by atoms with Crippen molar-refractivity contribution in [3.8, 4) is 0 Å².